The molecule has 0 bridgehead atoms. The molecule has 148 heavy (non-hydrogen) atoms. The highest BCUT2D eigenvalue weighted by atomic mass is 32.2. The number of fused-ring (bicyclic) bond motifs is 4. The van der Waals surface area contributed by atoms with Gasteiger partial charge >= 0.3 is 42.0 Å². The number of pyridine rings is 4. The molecule has 8 amide bonds. The standard InChI is InChI=1S/C29H33N7O4S.C26H26N6O6S.C24H24N6O2S2.C23H23N7O3S/c1-2-30-27(37)35-28-34-24-15-20(21-16-32-26(33-17-21)29(38)4-9-39-10-5-29)14-22(25(24)41-28)23-13-19(3-6-31-23)18-36-7-11-40-12-8-36;1-3-27-24(36)32-25-31-19-11-15(10-17(22(19)39-25)18-6-4-5-9-28-18)16-12-29-23(30-13-16)26(2,37)14-38-21(35)8-7-20(33)34;1-2-25-22(31)30-23-29-19-12-15(11-17(20(19)34-23)18-5-3-4-8-26-18)16-13-27-21(28-14-16)24(32)6-9-33-10-7-24;1-3-25-22(32)30-23-29-18-9-14(8-16(20(18)34-23)17-6-4-5-7-26-17)15-11-27-21(28-12-15)13(2)33-19(31)10-24/h3,6,13-17,38H,2,4-5,7-12,18H2,1H3,(H2,30,34,35,37);4-6,9-13,37H,3,7-8,14H2,1-2H3,(H,33,34)(H2,27,31,32,36);3-5,8,11-14,32H,2,6-7,9-10H2,1H3,(H2,25,29,30,31);4-9,11-13H,3,10,24H2,1-2H3,(H2,25,29,30,32). The van der Waals surface area contributed by atoms with Crippen molar-refractivity contribution < 1.29 is 72.9 Å². The van der Waals surface area contributed by atoms with E-state index in [9.17, 15) is 48.9 Å². The second-order valence-corrected chi connectivity index (χ2v) is 39.5. The molecule has 3 fully saturated rings. The second-order valence-electron chi connectivity index (χ2n) is 34.3. The Balaban J connectivity index is 0.000000141. The molecule has 16 aromatic rings. The van der Waals surface area contributed by atoms with Gasteiger partial charge in [-0.25, -0.2) is 79.0 Å². The number of nitrogens with two attached hydrogens (primary N) is 1. The molecule has 0 aliphatic carbocycles. The van der Waals surface area contributed by atoms with Gasteiger partial charge in [-0.3, -0.25) is 60.5 Å². The third-order valence-electron chi connectivity index (χ3n) is 23.4. The largest absolute Gasteiger partial charge is 0.481 e. The van der Waals surface area contributed by atoms with E-state index in [1.807, 2.05) is 149 Å². The molecule has 19 rings (SSSR count). The number of ether oxygens (including phenoxy) is 4. The van der Waals surface area contributed by atoms with Gasteiger partial charge in [0.15, 0.2) is 55.5 Å². The molecular formula is C102H106N26O15S5. The number of hydrogen-bond donors (Lipinski definition) is 13. The number of carboxylic acid groups (broad SMARTS) is 1. The Morgan fingerprint density at radius 3 is 1.18 bits per heavy atom. The monoisotopic (exact) mass is 2090 g/mol. The first-order valence-corrected chi connectivity index (χ1v) is 52.0. The SMILES string of the molecule is CCNC(=O)Nc1nc2cc(-c3cnc(C(C)(O)COC(=O)CCC(=O)O)nc3)cc(-c3ccccn3)c2s1.CCNC(=O)Nc1nc2cc(-c3cnc(C(C)OC(=O)CN)nc3)cc(-c3ccccn3)c2s1.CCNC(=O)Nc1nc2cc(-c3cnc(C4(O)CCOCC4)nc3)cc(-c3cc(CN4CCOCC4)ccn3)c2s1.CCNC(=O)Nc1nc2cc(-c3cnc(C4(O)CCSCC4)nc3)cc(-c3ccccn3)c2s1. The van der Waals surface area contributed by atoms with Crippen LogP contribution in [0.25, 0.3) is 130 Å². The number of nitrogens with one attached hydrogen (secondary N) is 8. The van der Waals surface area contributed by atoms with Crippen LogP contribution in [-0.2, 0) is 56.7 Å². The van der Waals surface area contributed by atoms with E-state index in [0.29, 0.717) is 120 Å². The van der Waals surface area contributed by atoms with Crippen LogP contribution in [0, 0.1) is 0 Å². The van der Waals surface area contributed by atoms with Crippen LogP contribution in [0.1, 0.15) is 115 Å². The summed E-state index contributed by atoms with van der Waals surface area (Å²) in [6.07, 6.45) is 21.4. The highest BCUT2D eigenvalue weighted by Gasteiger charge is 2.37. The van der Waals surface area contributed by atoms with E-state index in [-0.39, 0.29) is 49.3 Å². The van der Waals surface area contributed by atoms with Crippen molar-refractivity contribution in [2.24, 2.45) is 5.73 Å². The Morgan fingerprint density at radius 2 is 0.811 bits per heavy atom. The summed E-state index contributed by atoms with van der Waals surface area (Å²) in [5.41, 5.74) is 18.6. The van der Waals surface area contributed by atoms with Gasteiger partial charge in [-0.2, -0.15) is 11.8 Å². The zero-order valence-corrected chi connectivity index (χ0v) is 85.4. The van der Waals surface area contributed by atoms with Gasteiger partial charge in [-0.15, -0.1) is 0 Å². The van der Waals surface area contributed by atoms with Gasteiger partial charge in [0.2, 0.25) is 0 Å². The van der Waals surface area contributed by atoms with Gasteiger partial charge in [-0.05, 0) is 191 Å². The number of anilines is 4. The number of aliphatic hydroxyl groups is 3. The van der Waals surface area contributed by atoms with E-state index in [4.69, 9.17) is 39.8 Å². The van der Waals surface area contributed by atoms with Crippen LogP contribution >= 0.6 is 57.1 Å². The number of morpholine rings is 1. The van der Waals surface area contributed by atoms with E-state index in [2.05, 4.69) is 129 Å². The van der Waals surface area contributed by atoms with Crippen LogP contribution in [0.3, 0.4) is 0 Å². The zero-order chi connectivity index (χ0) is 104. The Hall–Kier alpha value is -15.1. The highest BCUT2D eigenvalue weighted by Crippen LogP contribution is 2.45. The number of amides is 8. The fraction of sp³-hybridized carbons (Fsp3) is 0.304. The van der Waals surface area contributed by atoms with Gasteiger partial charge in [0.05, 0.1) is 96.2 Å². The smallest absolute Gasteiger partial charge is 0.321 e. The van der Waals surface area contributed by atoms with Crippen LogP contribution < -0.4 is 48.3 Å². The summed E-state index contributed by atoms with van der Waals surface area (Å²) in [4.78, 5) is 157. The molecule has 4 aromatic carbocycles. The number of carbonyl (C=O) groups is 7. The number of benzene rings is 4. The van der Waals surface area contributed by atoms with E-state index in [1.165, 1.54) is 64.7 Å². The fourth-order valence-corrected chi connectivity index (χ4v) is 20.9. The number of rotatable bonds is 29. The minimum Gasteiger partial charge on any atom is -0.481 e. The molecule has 2 unspecified atom stereocenters. The lowest BCUT2D eigenvalue weighted by molar-refractivity contribution is -0.154. The molecule has 12 aromatic heterocycles. The molecular weight excluding hydrogens is 1990 g/mol. The third-order valence-corrected chi connectivity index (χ3v) is 28.5. The van der Waals surface area contributed by atoms with E-state index >= 15 is 0 Å². The van der Waals surface area contributed by atoms with Crippen LogP contribution in [0.15, 0.2) is 190 Å². The van der Waals surface area contributed by atoms with Gasteiger partial charge in [0.1, 0.15) is 17.8 Å². The minimum absolute atomic E-state index is 0.0328. The van der Waals surface area contributed by atoms with E-state index < -0.39 is 47.4 Å². The number of carbonyl (C=O) groups excluding carboxylic acids is 6. The summed E-state index contributed by atoms with van der Waals surface area (Å²) in [7, 11) is 0. The molecule has 41 nitrogen and oxygen atoms in total. The second kappa shape index (κ2) is 49.4. The topological polar surface area (TPSA) is 569 Å². The number of aromatic nitrogens is 16. The van der Waals surface area contributed by atoms with Gasteiger partial charge < -0.3 is 66.4 Å². The average molecular weight is 2100 g/mol. The van der Waals surface area contributed by atoms with Crippen molar-refractivity contribution in [2.75, 3.05) is 112 Å². The van der Waals surface area contributed by atoms with Gasteiger partial charge in [0.25, 0.3) is 0 Å². The number of urea groups is 4. The maximum atomic E-state index is 12.2. The van der Waals surface area contributed by atoms with E-state index in [1.54, 1.807) is 62.7 Å². The Morgan fingerprint density at radius 1 is 0.446 bits per heavy atom. The van der Waals surface area contributed by atoms with Gasteiger partial charge in [-0.1, -0.05) is 63.5 Å². The Kier molecular flexibility index (Phi) is 35.3. The zero-order valence-electron chi connectivity index (χ0n) is 81.3. The first-order chi connectivity index (χ1) is 71.7. The predicted molar refractivity (Wildman–Crippen MR) is 568 cm³/mol. The van der Waals surface area contributed by atoms with Crippen molar-refractivity contribution in [2.45, 2.75) is 110 Å². The molecule has 0 saturated carbocycles. The number of thiazole rings is 4. The van der Waals surface area contributed by atoms with Crippen molar-refractivity contribution in [1.82, 2.24) is 106 Å². The molecule has 15 heterocycles. The summed E-state index contributed by atoms with van der Waals surface area (Å²) in [5, 5.41) is 65.4. The first-order valence-electron chi connectivity index (χ1n) is 47.6. The van der Waals surface area contributed by atoms with Crippen molar-refractivity contribution in [3.63, 3.8) is 0 Å². The molecule has 0 radical (unpaired) electrons. The predicted octanol–water partition coefficient (Wildman–Crippen LogP) is 15.5. The van der Waals surface area contributed by atoms with Crippen LogP contribution in [0.4, 0.5) is 39.7 Å². The highest BCUT2D eigenvalue weighted by molar-refractivity contribution is 7.99. The lowest BCUT2D eigenvalue weighted by atomic mass is 9.93. The van der Waals surface area contributed by atoms with Crippen molar-refractivity contribution in [3.05, 3.63) is 218 Å². The lowest BCUT2D eigenvalue weighted by Gasteiger charge is -2.30. The molecule has 2 atom stereocenters. The summed E-state index contributed by atoms with van der Waals surface area (Å²) in [6, 6.07) is 35.7. The maximum Gasteiger partial charge on any atom is 0.321 e. The molecule has 0 spiro atoms. The maximum absolute atomic E-state index is 12.2. The normalized spacial score (nSPS) is 14.3. The van der Waals surface area contributed by atoms with Crippen LogP contribution in [0.5, 0.6) is 0 Å². The molecule has 14 N–H and O–H groups in total. The number of thioether (sulfide) groups is 1. The summed E-state index contributed by atoms with van der Waals surface area (Å²) in [5.74, 6) is 0.720. The summed E-state index contributed by atoms with van der Waals surface area (Å²) < 4.78 is 24.7. The van der Waals surface area contributed by atoms with Crippen molar-refractivity contribution in [3.8, 4) is 89.5 Å². The van der Waals surface area contributed by atoms with Gasteiger partial charge in [0, 0.05) is 191 Å². The van der Waals surface area contributed by atoms with Crippen LogP contribution in [0.2, 0.25) is 0 Å². The molecule has 3 aliphatic heterocycles. The molecule has 46 heteroatoms. The summed E-state index contributed by atoms with van der Waals surface area (Å²) in [6.45, 7) is 17.0. The molecule has 764 valence electrons. The number of hydrogen-bond acceptors (Lipinski definition) is 37. The fourth-order valence-electron chi connectivity index (χ4n) is 15.9. The van der Waals surface area contributed by atoms with Crippen molar-refractivity contribution in [1.29, 1.82) is 0 Å². The molecule has 3 saturated heterocycles. The summed E-state index contributed by atoms with van der Waals surface area (Å²) >= 11 is 7.38. The molecule has 3 aliphatic rings. The van der Waals surface area contributed by atoms with E-state index in [0.717, 1.165) is 164 Å². The Bertz CT molecular complexity index is 7350. The minimum atomic E-state index is -1.69. The number of carboxylic acids is 1. The number of aliphatic carboxylic acids is 1. The lowest BCUT2D eigenvalue weighted by Crippen LogP contribution is -2.35. The van der Waals surface area contributed by atoms with Crippen LogP contribution in [-0.4, -0.2) is 237 Å². The Labute approximate surface area is 868 Å². The first kappa shape index (κ1) is 106. The quantitative estimate of drug-likeness (QED) is 0.0194. The number of nitrogens with zero attached hydrogens (tertiary/aromatic N) is 17. The average Bonchev–Trinajstić information content (AvgIpc) is 1.60. The van der Waals surface area contributed by atoms with Crippen molar-refractivity contribution >= 4 is 161 Å². The number of esters is 2. The third kappa shape index (κ3) is 27.0.